The van der Waals surface area contributed by atoms with Crippen molar-refractivity contribution in [1.29, 1.82) is 0 Å². The van der Waals surface area contributed by atoms with Gasteiger partial charge in [-0.25, -0.2) is 9.97 Å². The van der Waals surface area contributed by atoms with Crippen molar-refractivity contribution in [3.63, 3.8) is 0 Å². The van der Waals surface area contributed by atoms with Crippen molar-refractivity contribution < 1.29 is 0 Å². The first-order chi connectivity index (χ1) is 7.74. The molecule has 0 radical (unpaired) electrons. The Balaban J connectivity index is 2.24. The fourth-order valence-corrected chi connectivity index (χ4v) is 2.54. The number of fused-ring (bicyclic) bond motifs is 1. The highest BCUT2D eigenvalue weighted by Gasteiger charge is 2.09. The van der Waals surface area contributed by atoms with Gasteiger partial charge in [0.25, 0.3) is 0 Å². The summed E-state index contributed by atoms with van der Waals surface area (Å²) >= 11 is 7.64. The Kier molecular flexibility index (Phi) is 2.15. The third-order valence-corrected chi connectivity index (χ3v) is 3.34. The highest BCUT2D eigenvalue weighted by molar-refractivity contribution is 7.16. The summed E-state index contributed by atoms with van der Waals surface area (Å²) in [4.78, 5) is 9.62. The number of aryl methyl sites for hydroxylation is 1. The van der Waals surface area contributed by atoms with E-state index in [0.717, 1.165) is 15.8 Å². The van der Waals surface area contributed by atoms with Crippen molar-refractivity contribution in [2.75, 3.05) is 0 Å². The second-order valence-electron chi connectivity index (χ2n) is 3.38. The Morgan fingerprint density at radius 1 is 1.38 bits per heavy atom. The minimum Gasteiger partial charge on any atom is -0.275 e. The number of nitrogens with zero attached hydrogens (tertiary/aromatic N) is 4. The van der Waals surface area contributed by atoms with Gasteiger partial charge in [-0.05, 0) is 11.4 Å². The number of rotatable bonds is 1. The molecule has 4 nitrogen and oxygen atoms in total. The highest BCUT2D eigenvalue weighted by Crippen LogP contribution is 2.27. The van der Waals surface area contributed by atoms with Gasteiger partial charge in [-0.1, -0.05) is 11.6 Å². The second kappa shape index (κ2) is 3.54. The zero-order valence-electron chi connectivity index (χ0n) is 8.38. The molecule has 0 bridgehead atoms. The number of thiophene rings is 1. The molecule has 0 saturated carbocycles. The van der Waals surface area contributed by atoms with Crippen LogP contribution in [0.25, 0.3) is 21.6 Å². The van der Waals surface area contributed by atoms with E-state index >= 15 is 0 Å². The van der Waals surface area contributed by atoms with Crippen molar-refractivity contribution in [3.05, 3.63) is 29.0 Å². The number of hydrogen-bond acceptors (Lipinski definition) is 4. The van der Waals surface area contributed by atoms with Gasteiger partial charge in [0.15, 0.2) is 5.82 Å². The molecule has 0 N–H and O–H groups in total. The molecular weight excluding hydrogens is 244 g/mol. The van der Waals surface area contributed by atoms with Gasteiger partial charge >= 0.3 is 0 Å². The van der Waals surface area contributed by atoms with E-state index in [2.05, 4.69) is 15.1 Å². The molecule has 0 spiro atoms. The van der Waals surface area contributed by atoms with Crippen molar-refractivity contribution in [3.8, 4) is 11.4 Å². The molecule has 6 heteroatoms. The van der Waals surface area contributed by atoms with E-state index in [9.17, 15) is 0 Å². The lowest BCUT2D eigenvalue weighted by Crippen LogP contribution is -1.88. The quantitative estimate of drug-likeness (QED) is 0.624. The molecule has 3 rings (SSSR count). The molecule has 3 heterocycles. The lowest BCUT2D eigenvalue weighted by Gasteiger charge is -1.97. The normalized spacial score (nSPS) is 11.1. The maximum atomic E-state index is 6.09. The molecule has 0 aromatic carbocycles. The summed E-state index contributed by atoms with van der Waals surface area (Å²) in [5.41, 5.74) is 0.875. The molecule has 0 saturated heterocycles. The van der Waals surface area contributed by atoms with Crippen molar-refractivity contribution >= 4 is 33.2 Å². The molecule has 16 heavy (non-hydrogen) atoms. The van der Waals surface area contributed by atoms with Gasteiger partial charge in [-0.3, -0.25) is 4.68 Å². The second-order valence-corrected chi connectivity index (χ2v) is 4.63. The Labute approximate surface area is 101 Å². The van der Waals surface area contributed by atoms with Gasteiger partial charge in [0.2, 0.25) is 0 Å². The van der Waals surface area contributed by atoms with Crippen LogP contribution in [0, 0.1) is 0 Å². The molecule has 3 aromatic heterocycles. The standard InChI is InChI=1S/C10H7ClN4S/c1-15-5-6(4-12-15)9-13-8(11)7-2-3-16-10(7)14-9/h2-5H,1H3. The molecule has 0 aliphatic heterocycles. The van der Waals surface area contributed by atoms with Crippen LogP contribution in [0.5, 0.6) is 0 Å². The smallest absolute Gasteiger partial charge is 0.165 e. The molecule has 0 atom stereocenters. The largest absolute Gasteiger partial charge is 0.275 e. The number of halogens is 1. The Hall–Kier alpha value is -1.46. The maximum absolute atomic E-state index is 6.09. The van der Waals surface area contributed by atoms with Crippen LogP contribution in [0.3, 0.4) is 0 Å². The monoisotopic (exact) mass is 250 g/mol. The van der Waals surface area contributed by atoms with Crippen LogP contribution in [0.1, 0.15) is 0 Å². The Morgan fingerprint density at radius 3 is 3.00 bits per heavy atom. The predicted molar refractivity (Wildman–Crippen MR) is 64.6 cm³/mol. The zero-order chi connectivity index (χ0) is 11.1. The van der Waals surface area contributed by atoms with E-state index in [4.69, 9.17) is 11.6 Å². The van der Waals surface area contributed by atoms with E-state index in [1.807, 2.05) is 24.7 Å². The van der Waals surface area contributed by atoms with Gasteiger partial charge in [0.05, 0.1) is 11.8 Å². The van der Waals surface area contributed by atoms with E-state index in [-0.39, 0.29) is 0 Å². The zero-order valence-corrected chi connectivity index (χ0v) is 9.96. The van der Waals surface area contributed by atoms with Crippen LogP contribution >= 0.6 is 22.9 Å². The van der Waals surface area contributed by atoms with E-state index in [1.165, 1.54) is 0 Å². The van der Waals surface area contributed by atoms with Gasteiger partial charge < -0.3 is 0 Å². The first kappa shape index (κ1) is 9.74. The summed E-state index contributed by atoms with van der Waals surface area (Å²) in [5, 5.41) is 7.44. The Morgan fingerprint density at radius 2 is 2.25 bits per heavy atom. The summed E-state index contributed by atoms with van der Waals surface area (Å²) in [5.74, 6) is 0.619. The topological polar surface area (TPSA) is 43.6 Å². The molecule has 0 unspecified atom stereocenters. The van der Waals surface area contributed by atoms with E-state index in [0.29, 0.717) is 11.0 Å². The van der Waals surface area contributed by atoms with E-state index < -0.39 is 0 Å². The van der Waals surface area contributed by atoms with Gasteiger partial charge in [-0.2, -0.15) is 5.10 Å². The van der Waals surface area contributed by atoms with Crippen LogP contribution in [-0.2, 0) is 7.05 Å². The minimum absolute atomic E-state index is 0.491. The molecule has 80 valence electrons. The summed E-state index contributed by atoms with van der Waals surface area (Å²) < 4.78 is 1.71. The van der Waals surface area contributed by atoms with Gasteiger partial charge in [0.1, 0.15) is 9.98 Å². The molecule has 0 amide bonds. The molecule has 0 aliphatic carbocycles. The third-order valence-electron chi connectivity index (χ3n) is 2.24. The maximum Gasteiger partial charge on any atom is 0.165 e. The van der Waals surface area contributed by atoms with Crippen molar-refractivity contribution in [1.82, 2.24) is 19.7 Å². The fraction of sp³-hybridized carbons (Fsp3) is 0.100. The van der Waals surface area contributed by atoms with Crippen molar-refractivity contribution in [2.24, 2.45) is 7.05 Å². The average molecular weight is 251 g/mol. The van der Waals surface area contributed by atoms with Crippen LogP contribution in [0.15, 0.2) is 23.8 Å². The first-order valence-corrected chi connectivity index (χ1v) is 5.89. The molecule has 0 aliphatic rings. The van der Waals surface area contributed by atoms with Crippen LogP contribution in [0.4, 0.5) is 0 Å². The molecule has 3 aromatic rings. The summed E-state index contributed by atoms with van der Waals surface area (Å²) in [7, 11) is 1.86. The van der Waals surface area contributed by atoms with Crippen molar-refractivity contribution in [2.45, 2.75) is 0 Å². The lowest BCUT2D eigenvalue weighted by molar-refractivity contribution is 0.768. The van der Waals surface area contributed by atoms with Crippen LogP contribution in [-0.4, -0.2) is 19.7 Å². The summed E-state index contributed by atoms with van der Waals surface area (Å²) in [6.07, 6.45) is 3.59. The first-order valence-electron chi connectivity index (χ1n) is 4.64. The minimum atomic E-state index is 0.491. The molecule has 0 fully saturated rings. The van der Waals surface area contributed by atoms with E-state index in [1.54, 1.807) is 22.2 Å². The summed E-state index contributed by atoms with van der Waals surface area (Å²) in [6, 6.07) is 1.93. The van der Waals surface area contributed by atoms with Gasteiger partial charge in [-0.15, -0.1) is 11.3 Å². The van der Waals surface area contributed by atoms with Crippen LogP contribution in [0.2, 0.25) is 5.15 Å². The lowest BCUT2D eigenvalue weighted by atomic mass is 10.3. The molecular formula is C10H7ClN4S. The summed E-state index contributed by atoms with van der Waals surface area (Å²) in [6.45, 7) is 0. The fourth-order valence-electron chi connectivity index (χ4n) is 1.49. The Bertz CT molecular complexity index is 658. The van der Waals surface area contributed by atoms with Gasteiger partial charge in [0, 0.05) is 18.6 Å². The SMILES string of the molecule is Cn1cc(-c2nc(Cl)c3ccsc3n2)cn1. The third kappa shape index (κ3) is 1.48. The average Bonchev–Trinajstić information content (AvgIpc) is 2.85. The highest BCUT2D eigenvalue weighted by atomic mass is 35.5. The number of hydrogen-bond donors (Lipinski definition) is 0. The predicted octanol–water partition coefficient (Wildman–Crippen LogP) is 2.75. The number of aromatic nitrogens is 4. The van der Waals surface area contributed by atoms with Crippen LogP contribution < -0.4 is 0 Å².